The fourth-order valence-corrected chi connectivity index (χ4v) is 2.06. The predicted octanol–water partition coefficient (Wildman–Crippen LogP) is -0.279. The van der Waals surface area contributed by atoms with Gasteiger partial charge in [0.1, 0.15) is 6.61 Å². The topological polar surface area (TPSA) is 102 Å². The van der Waals surface area contributed by atoms with E-state index in [-0.39, 0.29) is 24.5 Å². The summed E-state index contributed by atoms with van der Waals surface area (Å²) in [6.07, 6.45) is 2.89. The summed E-state index contributed by atoms with van der Waals surface area (Å²) in [5.74, 6) is -1.31. The van der Waals surface area contributed by atoms with Crippen LogP contribution >= 0.6 is 0 Å². The minimum Gasteiger partial charge on any atom is -0.481 e. The average molecular weight is 244 g/mol. The third-order valence-corrected chi connectivity index (χ3v) is 2.88. The zero-order chi connectivity index (χ0) is 12.7. The Morgan fingerprint density at radius 1 is 1.41 bits per heavy atom. The molecule has 0 radical (unpaired) electrons. The smallest absolute Gasteiger partial charge is 0.306 e. The molecule has 0 bridgehead atoms. The number of carboxylic acid groups (broad SMARTS) is 1. The monoisotopic (exact) mass is 244 g/mol. The highest BCUT2D eigenvalue weighted by Crippen LogP contribution is 2.24. The molecule has 17 heavy (non-hydrogen) atoms. The van der Waals surface area contributed by atoms with Gasteiger partial charge in [0.25, 0.3) is 0 Å². The van der Waals surface area contributed by atoms with Crippen LogP contribution in [0.4, 0.5) is 0 Å². The highest BCUT2D eigenvalue weighted by molar-refractivity contribution is 5.77. The van der Waals surface area contributed by atoms with Crippen LogP contribution < -0.4 is 11.1 Å². The largest absolute Gasteiger partial charge is 0.481 e. The standard InChI is InChI=1S/C11H20N2O4/c12-4-5-17-7-10(14)13-9-3-1-2-8(6-9)11(15)16/h8-9H,1-7,12H2,(H,13,14)(H,15,16). The van der Waals surface area contributed by atoms with Crippen molar-refractivity contribution in [3.8, 4) is 0 Å². The molecule has 2 atom stereocenters. The van der Waals surface area contributed by atoms with Crippen molar-refractivity contribution >= 4 is 11.9 Å². The fourth-order valence-electron chi connectivity index (χ4n) is 2.06. The van der Waals surface area contributed by atoms with Crippen molar-refractivity contribution in [1.82, 2.24) is 5.32 Å². The minimum atomic E-state index is -0.775. The normalized spacial score (nSPS) is 24.3. The number of rotatable bonds is 6. The molecule has 4 N–H and O–H groups in total. The molecule has 0 aromatic heterocycles. The van der Waals surface area contributed by atoms with Crippen LogP contribution in [-0.4, -0.2) is 42.8 Å². The van der Waals surface area contributed by atoms with Crippen molar-refractivity contribution in [2.45, 2.75) is 31.7 Å². The molecule has 0 heterocycles. The lowest BCUT2D eigenvalue weighted by molar-refractivity contribution is -0.143. The van der Waals surface area contributed by atoms with E-state index in [1.807, 2.05) is 0 Å². The molecule has 1 rings (SSSR count). The quantitative estimate of drug-likeness (QED) is 0.558. The van der Waals surface area contributed by atoms with Crippen LogP contribution in [-0.2, 0) is 14.3 Å². The number of nitrogens with two attached hydrogens (primary N) is 1. The first-order chi connectivity index (χ1) is 8.13. The van der Waals surface area contributed by atoms with Crippen LogP contribution in [0.2, 0.25) is 0 Å². The Morgan fingerprint density at radius 3 is 2.82 bits per heavy atom. The summed E-state index contributed by atoms with van der Waals surface area (Å²) in [7, 11) is 0. The van der Waals surface area contributed by atoms with Crippen LogP contribution in [0.1, 0.15) is 25.7 Å². The third-order valence-electron chi connectivity index (χ3n) is 2.88. The van der Waals surface area contributed by atoms with Gasteiger partial charge in [-0.1, -0.05) is 6.42 Å². The van der Waals surface area contributed by atoms with Crippen molar-refractivity contribution in [2.24, 2.45) is 11.7 Å². The van der Waals surface area contributed by atoms with Crippen LogP contribution in [0, 0.1) is 5.92 Å². The zero-order valence-electron chi connectivity index (χ0n) is 9.85. The Bertz CT molecular complexity index is 270. The highest BCUT2D eigenvalue weighted by Gasteiger charge is 2.27. The summed E-state index contributed by atoms with van der Waals surface area (Å²) in [5.41, 5.74) is 5.23. The molecule has 0 aromatic rings. The number of aliphatic carboxylic acids is 1. The Kier molecular flexibility index (Phi) is 5.93. The summed E-state index contributed by atoms with van der Waals surface area (Å²) < 4.78 is 5.01. The number of carboxylic acids is 1. The predicted molar refractivity (Wildman–Crippen MR) is 61.4 cm³/mol. The van der Waals surface area contributed by atoms with Gasteiger partial charge in [-0.2, -0.15) is 0 Å². The van der Waals surface area contributed by atoms with Gasteiger partial charge in [0.15, 0.2) is 0 Å². The Morgan fingerprint density at radius 2 is 2.18 bits per heavy atom. The van der Waals surface area contributed by atoms with Crippen LogP contribution in [0.5, 0.6) is 0 Å². The van der Waals surface area contributed by atoms with Gasteiger partial charge in [0.05, 0.1) is 12.5 Å². The number of ether oxygens (including phenoxy) is 1. The molecule has 1 fully saturated rings. The fraction of sp³-hybridized carbons (Fsp3) is 0.818. The first-order valence-corrected chi connectivity index (χ1v) is 5.93. The van der Waals surface area contributed by atoms with Gasteiger partial charge < -0.3 is 20.9 Å². The van der Waals surface area contributed by atoms with Crippen molar-refractivity contribution in [3.05, 3.63) is 0 Å². The summed E-state index contributed by atoms with van der Waals surface area (Å²) in [6.45, 7) is 0.735. The number of amides is 1. The summed E-state index contributed by atoms with van der Waals surface area (Å²) in [6, 6.07) is -0.0428. The number of carbonyl (C=O) groups excluding carboxylic acids is 1. The molecule has 1 saturated carbocycles. The van der Waals surface area contributed by atoms with Crippen molar-refractivity contribution in [3.63, 3.8) is 0 Å². The molecule has 1 aliphatic rings. The molecular formula is C11H20N2O4. The number of carbonyl (C=O) groups is 2. The van der Waals surface area contributed by atoms with Gasteiger partial charge in [-0.15, -0.1) is 0 Å². The van der Waals surface area contributed by atoms with E-state index in [1.165, 1.54) is 0 Å². The molecule has 1 aliphatic carbocycles. The maximum absolute atomic E-state index is 11.4. The summed E-state index contributed by atoms with van der Waals surface area (Å²) in [5, 5.41) is 11.7. The highest BCUT2D eigenvalue weighted by atomic mass is 16.5. The molecule has 1 amide bonds. The number of hydrogen-bond acceptors (Lipinski definition) is 4. The lowest BCUT2D eigenvalue weighted by Gasteiger charge is -2.27. The van der Waals surface area contributed by atoms with E-state index in [1.54, 1.807) is 0 Å². The van der Waals surface area contributed by atoms with Gasteiger partial charge in [0, 0.05) is 12.6 Å². The minimum absolute atomic E-state index is 0.00849. The molecule has 2 unspecified atom stereocenters. The lowest BCUT2D eigenvalue weighted by atomic mass is 9.86. The van der Waals surface area contributed by atoms with Gasteiger partial charge >= 0.3 is 5.97 Å². The molecule has 0 aromatic carbocycles. The molecule has 0 spiro atoms. The summed E-state index contributed by atoms with van der Waals surface area (Å²) >= 11 is 0. The first kappa shape index (κ1) is 13.9. The van der Waals surface area contributed by atoms with Gasteiger partial charge in [0.2, 0.25) is 5.91 Å². The van der Waals surface area contributed by atoms with E-state index in [0.29, 0.717) is 26.0 Å². The molecular weight excluding hydrogens is 224 g/mol. The summed E-state index contributed by atoms with van der Waals surface area (Å²) in [4.78, 5) is 22.3. The van der Waals surface area contributed by atoms with E-state index in [4.69, 9.17) is 15.6 Å². The third kappa shape index (κ3) is 5.14. The van der Waals surface area contributed by atoms with E-state index in [9.17, 15) is 9.59 Å². The zero-order valence-corrected chi connectivity index (χ0v) is 9.85. The van der Waals surface area contributed by atoms with Gasteiger partial charge in [-0.3, -0.25) is 9.59 Å². The molecule has 0 saturated heterocycles. The van der Waals surface area contributed by atoms with E-state index >= 15 is 0 Å². The molecule has 98 valence electrons. The van der Waals surface area contributed by atoms with Crippen molar-refractivity contribution in [1.29, 1.82) is 0 Å². The Hall–Kier alpha value is -1.14. The van der Waals surface area contributed by atoms with Crippen LogP contribution in [0.3, 0.4) is 0 Å². The Labute approximate surface area is 101 Å². The second-order valence-corrected chi connectivity index (χ2v) is 4.31. The van der Waals surface area contributed by atoms with E-state index in [0.717, 1.165) is 12.8 Å². The second-order valence-electron chi connectivity index (χ2n) is 4.31. The first-order valence-electron chi connectivity index (χ1n) is 5.93. The number of nitrogens with one attached hydrogen (secondary N) is 1. The van der Waals surface area contributed by atoms with Crippen molar-refractivity contribution in [2.75, 3.05) is 19.8 Å². The Balaban J connectivity index is 2.26. The molecule has 6 nitrogen and oxygen atoms in total. The molecule has 6 heteroatoms. The second kappa shape index (κ2) is 7.24. The molecule has 0 aliphatic heterocycles. The maximum Gasteiger partial charge on any atom is 0.306 e. The SMILES string of the molecule is NCCOCC(=O)NC1CCCC(C(=O)O)C1. The van der Waals surface area contributed by atoms with Gasteiger partial charge in [-0.05, 0) is 19.3 Å². The van der Waals surface area contributed by atoms with Crippen LogP contribution in [0.15, 0.2) is 0 Å². The van der Waals surface area contributed by atoms with E-state index < -0.39 is 5.97 Å². The van der Waals surface area contributed by atoms with E-state index in [2.05, 4.69) is 5.32 Å². The van der Waals surface area contributed by atoms with Crippen LogP contribution in [0.25, 0.3) is 0 Å². The van der Waals surface area contributed by atoms with Crippen molar-refractivity contribution < 1.29 is 19.4 Å². The van der Waals surface area contributed by atoms with Gasteiger partial charge in [-0.25, -0.2) is 0 Å². The maximum atomic E-state index is 11.4. The average Bonchev–Trinajstić information content (AvgIpc) is 2.29. The lowest BCUT2D eigenvalue weighted by Crippen LogP contribution is -2.41. The number of hydrogen-bond donors (Lipinski definition) is 3.